The zero-order valence-electron chi connectivity index (χ0n) is 17.9. The molecule has 1 aliphatic carbocycles. The average Bonchev–Trinajstić information content (AvgIpc) is 3.55. The lowest BCUT2D eigenvalue weighted by Gasteiger charge is -2.26. The Morgan fingerprint density at radius 3 is 2.22 bits per heavy atom. The summed E-state index contributed by atoms with van der Waals surface area (Å²) in [5.41, 5.74) is 0.895. The van der Waals surface area contributed by atoms with Crippen molar-refractivity contribution >= 4 is 31.8 Å². The summed E-state index contributed by atoms with van der Waals surface area (Å²) in [6.07, 6.45) is 1.61. The molecule has 1 aliphatic rings. The van der Waals surface area contributed by atoms with Crippen LogP contribution in [0.4, 0.5) is 10.5 Å². The van der Waals surface area contributed by atoms with Gasteiger partial charge in [0, 0.05) is 13.1 Å². The number of urea groups is 1. The molecule has 0 aromatic heterocycles. The number of nitrogens with two attached hydrogens (primary N) is 1. The Balaban J connectivity index is 1.78. The van der Waals surface area contributed by atoms with Crippen LogP contribution in [-0.4, -0.2) is 48.0 Å². The maximum absolute atomic E-state index is 12.8. The van der Waals surface area contributed by atoms with Crippen LogP contribution >= 0.6 is 0 Å². The molecule has 0 aliphatic heterocycles. The van der Waals surface area contributed by atoms with Crippen molar-refractivity contribution in [3.05, 3.63) is 48.0 Å². The smallest absolute Gasteiger partial charge is 0.322 e. The van der Waals surface area contributed by atoms with Crippen LogP contribution in [0.2, 0.25) is 0 Å². The molecular formula is C20H26N4O6S2. The van der Waals surface area contributed by atoms with Gasteiger partial charge >= 0.3 is 6.03 Å². The predicted molar refractivity (Wildman–Crippen MR) is 119 cm³/mol. The van der Waals surface area contributed by atoms with Gasteiger partial charge in [-0.25, -0.2) is 31.5 Å². The zero-order valence-corrected chi connectivity index (χ0v) is 19.5. The number of primary sulfonamides is 1. The molecule has 0 heterocycles. The summed E-state index contributed by atoms with van der Waals surface area (Å²) in [6, 6.07) is 9.17. The molecule has 1 saturated carbocycles. The fraction of sp³-hybridized carbons (Fsp3) is 0.350. The van der Waals surface area contributed by atoms with Crippen LogP contribution in [0.3, 0.4) is 0 Å². The Bertz CT molecular complexity index is 1210. The molecule has 0 saturated heterocycles. The number of amides is 2. The van der Waals surface area contributed by atoms with E-state index in [0.29, 0.717) is 11.3 Å². The fourth-order valence-electron chi connectivity index (χ4n) is 2.98. The van der Waals surface area contributed by atoms with Gasteiger partial charge in [-0.3, -0.25) is 0 Å². The van der Waals surface area contributed by atoms with Crippen molar-refractivity contribution in [3.63, 3.8) is 0 Å². The lowest BCUT2D eigenvalue weighted by molar-refractivity contribution is 0.208. The second-order valence-electron chi connectivity index (χ2n) is 7.59. The molecule has 32 heavy (non-hydrogen) atoms. The van der Waals surface area contributed by atoms with Gasteiger partial charge in [0.05, 0.1) is 28.6 Å². The molecule has 174 valence electrons. The third-order valence-electron chi connectivity index (χ3n) is 5.21. The Morgan fingerprint density at radius 2 is 1.69 bits per heavy atom. The van der Waals surface area contributed by atoms with Gasteiger partial charge < -0.3 is 15.0 Å². The fourth-order valence-corrected chi connectivity index (χ4v) is 4.83. The van der Waals surface area contributed by atoms with E-state index in [9.17, 15) is 21.6 Å². The maximum Gasteiger partial charge on any atom is 0.322 e. The monoisotopic (exact) mass is 482 g/mol. The molecule has 1 fully saturated rings. The minimum atomic E-state index is -3.81. The number of benzene rings is 2. The standard InChI is InChI=1S/C20H26N4O6S2/c1-13(14-4-8-16(9-5-14)31(21,26)27)24(2)20(25)22-18-12-17(10-11-19(18)30-3)32(28,29)23-15-6-7-15/h4-5,8-13,15,23H,6-7H2,1-3H3,(H,22,25)(H2,21,26,27). The van der Waals surface area contributed by atoms with Crippen molar-refractivity contribution in [2.24, 2.45) is 5.14 Å². The average molecular weight is 483 g/mol. The molecule has 1 unspecified atom stereocenters. The van der Waals surface area contributed by atoms with Crippen LogP contribution < -0.4 is 19.9 Å². The second kappa shape index (κ2) is 9.06. The minimum Gasteiger partial charge on any atom is -0.495 e. The lowest BCUT2D eigenvalue weighted by atomic mass is 10.1. The maximum atomic E-state index is 12.8. The van der Waals surface area contributed by atoms with E-state index < -0.39 is 32.1 Å². The highest BCUT2D eigenvalue weighted by molar-refractivity contribution is 7.89. The van der Waals surface area contributed by atoms with Gasteiger partial charge in [0.1, 0.15) is 5.75 Å². The van der Waals surface area contributed by atoms with Crippen LogP contribution in [0.5, 0.6) is 5.75 Å². The predicted octanol–water partition coefficient (Wildman–Crippen LogP) is 2.01. The van der Waals surface area contributed by atoms with Crippen molar-refractivity contribution in [2.75, 3.05) is 19.5 Å². The normalized spacial score (nSPS) is 15.1. The Kier molecular flexibility index (Phi) is 6.79. The third-order valence-corrected chi connectivity index (χ3v) is 7.66. The molecule has 0 bridgehead atoms. The van der Waals surface area contributed by atoms with E-state index in [2.05, 4.69) is 10.0 Å². The molecule has 2 aromatic carbocycles. The quantitative estimate of drug-likeness (QED) is 0.524. The summed E-state index contributed by atoms with van der Waals surface area (Å²) < 4.78 is 55.7. The number of hydrogen-bond donors (Lipinski definition) is 3. The van der Waals surface area contributed by atoms with Gasteiger partial charge in [-0.05, 0) is 55.7 Å². The van der Waals surface area contributed by atoms with Crippen molar-refractivity contribution in [1.29, 1.82) is 0 Å². The summed E-state index contributed by atoms with van der Waals surface area (Å²) in [7, 11) is -4.53. The van der Waals surface area contributed by atoms with Gasteiger partial charge in [0.25, 0.3) is 0 Å². The molecule has 4 N–H and O–H groups in total. The Hall–Kier alpha value is -2.67. The first-order chi connectivity index (χ1) is 14.9. The number of sulfonamides is 2. The molecular weight excluding hydrogens is 456 g/mol. The number of carbonyl (C=O) groups is 1. The summed E-state index contributed by atoms with van der Waals surface area (Å²) in [5.74, 6) is 0.308. The van der Waals surface area contributed by atoms with E-state index in [-0.39, 0.29) is 21.5 Å². The van der Waals surface area contributed by atoms with Crippen LogP contribution in [0, 0.1) is 0 Å². The van der Waals surface area contributed by atoms with Crippen LogP contribution in [0.15, 0.2) is 52.3 Å². The van der Waals surface area contributed by atoms with Crippen molar-refractivity contribution in [2.45, 2.75) is 41.6 Å². The van der Waals surface area contributed by atoms with E-state index in [1.54, 1.807) is 26.1 Å². The number of nitrogens with one attached hydrogen (secondary N) is 2. The topological polar surface area (TPSA) is 148 Å². The molecule has 10 nitrogen and oxygen atoms in total. The van der Waals surface area contributed by atoms with Crippen molar-refractivity contribution < 1.29 is 26.4 Å². The number of ether oxygens (including phenoxy) is 1. The van der Waals surface area contributed by atoms with E-state index >= 15 is 0 Å². The van der Waals surface area contributed by atoms with E-state index in [4.69, 9.17) is 9.88 Å². The van der Waals surface area contributed by atoms with Gasteiger partial charge in [-0.15, -0.1) is 0 Å². The number of nitrogens with zero attached hydrogens (tertiary/aromatic N) is 1. The first-order valence-electron chi connectivity index (χ1n) is 9.79. The molecule has 0 radical (unpaired) electrons. The highest BCUT2D eigenvalue weighted by Crippen LogP contribution is 2.30. The molecule has 1 atom stereocenters. The lowest BCUT2D eigenvalue weighted by Crippen LogP contribution is -2.34. The minimum absolute atomic E-state index is 0.0229. The van der Waals surface area contributed by atoms with Gasteiger partial charge in [-0.2, -0.15) is 0 Å². The van der Waals surface area contributed by atoms with E-state index in [1.165, 1.54) is 42.3 Å². The SMILES string of the molecule is COc1ccc(S(=O)(=O)NC2CC2)cc1NC(=O)N(C)C(C)c1ccc(S(N)(=O)=O)cc1. The summed E-state index contributed by atoms with van der Waals surface area (Å²) >= 11 is 0. The van der Waals surface area contributed by atoms with Gasteiger partial charge in [0.15, 0.2) is 0 Å². The highest BCUT2D eigenvalue weighted by atomic mass is 32.2. The summed E-state index contributed by atoms with van der Waals surface area (Å²) in [6.45, 7) is 1.77. The Morgan fingerprint density at radius 1 is 1.09 bits per heavy atom. The zero-order chi connectivity index (χ0) is 23.7. The Labute approximate surface area is 187 Å². The molecule has 2 aromatic rings. The summed E-state index contributed by atoms with van der Waals surface area (Å²) in [5, 5.41) is 7.80. The van der Waals surface area contributed by atoms with Crippen molar-refractivity contribution in [1.82, 2.24) is 9.62 Å². The van der Waals surface area contributed by atoms with Crippen LogP contribution in [0.1, 0.15) is 31.4 Å². The van der Waals surface area contributed by atoms with Gasteiger partial charge in [-0.1, -0.05) is 12.1 Å². The first-order valence-corrected chi connectivity index (χ1v) is 12.8. The molecule has 2 amide bonds. The molecule has 0 spiro atoms. The number of anilines is 1. The third kappa shape index (κ3) is 5.57. The molecule has 12 heteroatoms. The number of rotatable bonds is 8. The van der Waals surface area contributed by atoms with Crippen LogP contribution in [-0.2, 0) is 20.0 Å². The van der Waals surface area contributed by atoms with E-state index in [0.717, 1.165) is 12.8 Å². The molecule has 3 rings (SSSR count). The summed E-state index contributed by atoms with van der Waals surface area (Å²) in [4.78, 5) is 14.2. The van der Waals surface area contributed by atoms with Gasteiger partial charge in [0.2, 0.25) is 20.0 Å². The largest absolute Gasteiger partial charge is 0.495 e. The van der Waals surface area contributed by atoms with Crippen molar-refractivity contribution in [3.8, 4) is 5.75 Å². The second-order valence-corrected chi connectivity index (χ2v) is 10.9. The number of hydrogen-bond acceptors (Lipinski definition) is 6. The van der Waals surface area contributed by atoms with E-state index in [1.807, 2.05) is 0 Å². The number of methoxy groups -OCH3 is 1. The van der Waals surface area contributed by atoms with Crippen LogP contribution in [0.25, 0.3) is 0 Å². The first kappa shape index (κ1) is 24.0. The highest BCUT2D eigenvalue weighted by Gasteiger charge is 2.29. The number of carbonyl (C=O) groups excluding carboxylic acids is 1.